The van der Waals surface area contributed by atoms with Crippen LogP contribution in [0.3, 0.4) is 0 Å². The number of benzene rings is 2. The van der Waals surface area contributed by atoms with Crippen LogP contribution in [-0.4, -0.2) is 157 Å². The molecule has 11 heterocycles. The van der Waals surface area contributed by atoms with Crippen LogP contribution in [0.5, 0.6) is 11.5 Å². The lowest BCUT2D eigenvalue weighted by Crippen LogP contribution is -2.50. The summed E-state index contributed by atoms with van der Waals surface area (Å²) in [4.78, 5) is 40.9. The summed E-state index contributed by atoms with van der Waals surface area (Å²) in [6, 6.07) is 21.2. The number of hydrogen-bond acceptors (Lipinski definition) is 18. The van der Waals surface area contributed by atoms with E-state index < -0.39 is 0 Å². The van der Waals surface area contributed by atoms with E-state index in [1.807, 2.05) is 30.3 Å². The molecule has 0 amide bonds. The van der Waals surface area contributed by atoms with Gasteiger partial charge in [0.1, 0.15) is 29.2 Å². The molecule has 72 heavy (non-hydrogen) atoms. The van der Waals surface area contributed by atoms with Crippen molar-refractivity contribution in [2.24, 2.45) is 5.92 Å². The number of piperidine rings is 1. The van der Waals surface area contributed by atoms with Gasteiger partial charge in [-0.15, -0.1) is 0 Å². The molecule has 13 rings (SSSR count). The normalized spacial score (nSPS) is 27.9. The second-order valence-electron chi connectivity index (χ2n) is 20.7. The monoisotopic (exact) mass is 978 g/mol. The Kier molecular flexibility index (Phi) is 12.0. The predicted molar refractivity (Wildman–Crippen MR) is 271 cm³/mol. The highest BCUT2D eigenvalue weighted by Crippen LogP contribution is 2.41. The molecule has 18 nitrogen and oxygen atoms in total. The Labute approximate surface area is 418 Å². The summed E-state index contributed by atoms with van der Waals surface area (Å²) >= 11 is 0. The van der Waals surface area contributed by atoms with Gasteiger partial charge in [0.05, 0.1) is 125 Å². The van der Waals surface area contributed by atoms with Gasteiger partial charge in [0, 0.05) is 54.4 Å². The van der Waals surface area contributed by atoms with Crippen LogP contribution in [0.1, 0.15) is 50.7 Å². The SMILES string of the molecule is COc1ccc(-c2ccc3c(N4CC5COC(C4)C5OCc4cc(-c5ccc6c(N7C[C@@H](C)O[C@@H](C)C7)nc(N7C8CCC7COC8)nc6n5)ccc4OC)nc(N4C5CCC4COC5)nc3n2)cc1CO. The third-order valence-electron chi connectivity index (χ3n) is 16.0. The number of morpholine rings is 3. The van der Waals surface area contributed by atoms with Crippen molar-refractivity contribution in [3.63, 3.8) is 0 Å². The van der Waals surface area contributed by atoms with Crippen LogP contribution in [-0.2, 0) is 36.9 Å². The van der Waals surface area contributed by atoms with Gasteiger partial charge in [-0.05, 0) is 100 Å². The topological polar surface area (TPSA) is 175 Å². The van der Waals surface area contributed by atoms with Crippen molar-refractivity contribution >= 4 is 45.6 Å². The molecule has 0 spiro atoms. The highest BCUT2D eigenvalue weighted by molar-refractivity contribution is 5.91. The third-order valence-corrected chi connectivity index (χ3v) is 16.0. The lowest BCUT2D eigenvalue weighted by atomic mass is 9.95. The number of aliphatic hydroxyl groups excluding tert-OH is 1. The Morgan fingerprint density at radius 2 is 1.10 bits per heavy atom. The highest BCUT2D eigenvalue weighted by atomic mass is 16.6. The summed E-state index contributed by atoms with van der Waals surface area (Å²) < 4.78 is 42.9. The van der Waals surface area contributed by atoms with Crippen LogP contribution < -0.4 is 29.1 Å². The second kappa shape index (κ2) is 18.8. The van der Waals surface area contributed by atoms with E-state index in [1.165, 1.54) is 0 Å². The Hall–Kier alpha value is -6.02. The van der Waals surface area contributed by atoms with Gasteiger partial charge in [-0.2, -0.15) is 19.9 Å². The lowest BCUT2D eigenvalue weighted by molar-refractivity contribution is -0.0318. The minimum Gasteiger partial charge on any atom is -0.496 e. The zero-order valence-electron chi connectivity index (χ0n) is 41.4. The summed E-state index contributed by atoms with van der Waals surface area (Å²) in [5.74, 6) is 4.64. The molecule has 4 aromatic heterocycles. The van der Waals surface area contributed by atoms with E-state index in [-0.39, 0.29) is 61.1 Å². The first-order valence-corrected chi connectivity index (χ1v) is 25.7. The van der Waals surface area contributed by atoms with Gasteiger partial charge in [-0.1, -0.05) is 0 Å². The number of aromatic nitrogens is 6. The van der Waals surface area contributed by atoms with Crippen LogP contribution in [0.2, 0.25) is 0 Å². The van der Waals surface area contributed by atoms with Crippen LogP contribution in [0, 0.1) is 5.92 Å². The molecule has 7 aliphatic heterocycles. The molecule has 6 aromatic rings. The molecule has 7 saturated heterocycles. The zero-order chi connectivity index (χ0) is 48.6. The smallest absolute Gasteiger partial charge is 0.230 e. The van der Waals surface area contributed by atoms with Gasteiger partial charge in [-0.3, -0.25) is 0 Å². The van der Waals surface area contributed by atoms with Crippen molar-refractivity contribution in [3.05, 3.63) is 71.8 Å². The zero-order valence-corrected chi connectivity index (χ0v) is 41.4. The number of methoxy groups -OCH3 is 2. The molecule has 7 unspecified atom stereocenters. The van der Waals surface area contributed by atoms with E-state index in [0.717, 1.165) is 101 Å². The lowest BCUT2D eigenvalue weighted by Gasteiger charge is -2.38. The van der Waals surface area contributed by atoms with Crippen LogP contribution in [0.15, 0.2) is 60.7 Å². The van der Waals surface area contributed by atoms with Crippen molar-refractivity contribution in [1.82, 2.24) is 29.9 Å². The number of pyridine rings is 2. The van der Waals surface area contributed by atoms with E-state index >= 15 is 0 Å². The van der Waals surface area contributed by atoms with E-state index in [1.54, 1.807) is 14.2 Å². The van der Waals surface area contributed by atoms with Gasteiger partial charge >= 0.3 is 0 Å². The van der Waals surface area contributed by atoms with Crippen LogP contribution in [0.25, 0.3) is 44.6 Å². The number of nitrogens with zero attached hydrogens (tertiary/aromatic N) is 10. The van der Waals surface area contributed by atoms with Crippen LogP contribution >= 0.6 is 0 Å². The van der Waals surface area contributed by atoms with Crippen LogP contribution in [0.4, 0.5) is 23.5 Å². The Morgan fingerprint density at radius 3 is 1.61 bits per heavy atom. The highest BCUT2D eigenvalue weighted by Gasteiger charge is 2.46. The summed E-state index contributed by atoms with van der Waals surface area (Å²) in [5, 5.41) is 11.9. The average Bonchev–Trinajstić information content (AvgIpc) is 3.91. The molecular weight excluding hydrogens is 917 g/mol. The summed E-state index contributed by atoms with van der Waals surface area (Å²) in [5.41, 5.74) is 6.31. The molecule has 18 heteroatoms. The maximum atomic E-state index is 10.1. The van der Waals surface area contributed by atoms with Gasteiger partial charge in [0.2, 0.25) is 11.9 Å². The first-order chi connectivity index (χ1) is 35.3. The molecule has 2 aromatic carbocycles. The molecule has 0 saturated carbocycles. The fourth-order valence-corrected chi connectivity index (χ4v) is 12.6. The van der Waals surface area contributed by atoms with Crippen molar-refractivity contribution in [2.45, 2.75) is 101 Å². The van der Waals surface area contributed by atoms with E-state index in [9.17, 15) is 5.11 Å². The van der Waals surface area contributed by atoms with Gasteiger partial charge in [0.15, 0.2) is 11.3 Å². The minimum atomic E-state index is -0.182. The minimum absolute atomic E-state index is 0.0763. The summed E-state index contributed by atoms with van der Waals surface area (Å²) in [6.07, 6.45) is 4.06. The number of anilines is 4. The van der Waals surface area contributed by atoms with E-state index in [0.29, 0.717) is 81.3 Å². The number of rotatable bonds is 12. The first-order valence-electron chi connectivity index (χ1n) is 25.7. The maximum absolute atomic E-state index is 10.1. The Bertz CT molecular complexity index is 2960. The fraction of sp³-hybridized carbons (Fsp3) is 0.519. The largest absolute Gasteiger partial charge is 0.496 e. The summed E-state index contributed by atoms with van der Waals surface area (Å²) in [7, 11) is 3.31. The molecule has 7 aliphatic rings. The predicted octanol–water partition coefficient (Wildman–Crippen LogP) is 5.98. The van der Waals surface area contributed by atoms with Crippen molar-refractivity contribution in [3.8, 4) is 34.0 Å². The Balaban J connectivity index is 0.777. The molecule has 1 N–H and O–H groups in total. The van der Waals surface area contributed by atoms with Crippen molar-refractivity contribution in [2.75, 3.05) is 93.0 Å². The molecule has 0 aliphatic carbocycles. The molecular formula is C54H62N10O8. The maximum Gasteiger partial charge on any atom is 0.230 e. The van der Waals surface area contributed by atoms with E-state index in [2.05, 4.69) is 63.8 Å². The van der Waals surface area contributed by atoms with Gasteiger partial charge in [0.25, 0.3) is 0 Å². The number of fused-ring (bicyclic) bond motifs is 8. The van der Waals surface area contributed by atoms with Crippen molar-refractivity contribution < 1.29 is 38.3 Å². The Morgan fingerprint density at radius 1 is 0.583 bits per heavy atom. The molecule has 376 valence electrons. The van der Waals surface area contributed by atoms with Crippen molar-refractivity contribution in [1.29, 1.82) is 0 Å². The van der Waals surface area contributed by atoms with Gasteiger partial charge < -0.3 is 57.9 Å². The molecule has 0 radical (unpaired) electrons. The number of hydrogen-bond donors (Lipinski definition) is 1. The first kappa shape index (κ1) is 45.8. The standard InChI is InChI=1S/C54H62N10O8/c1-30-19-61(20-31(2)72-30)51-41-11-14-44(56-49(41)57-53(59-51)63-37-7-8-38(63)27-68-26-37)33-6-16-46(67-4)35(18-33)24-71-48-36-21-62(22-47(48)70-25-36)52-42-12-13-43(32-5-15-45(66-3)34(17-32)23-65)55-50(42)58-54(60-52)64-39-9-10-40(64)29-69-28-39/h5-6,11-18,30-31,36-40,47-48,65H,7-10,19-29H2,1-4H3/t30-,31+,36?,37?,38?,39?,40?,47?,48?. The molecule has 9 atom stereocenters. The molecule has 6 bridgehead atoms. The second-order valence-corrected chi connectivity index (χ2v) is 20.7. The van der Waals surface area contributed by atoms with E-state index in [4.69, 9.17) is 63.1 Å². The number of ether oxygens (including phenoxy) is 7. The van der Waals surface area contributed by atoms with Gasteiger partial charge in [-0.25, -0.2) is 9.97 Å². The average molecular weight is 979 g/mol. The molecule has 7 fully saturated rings. The number of aliphatic hydroxyl groups is 1. The third kappa shape index (κ3) is 8.19. The fourth-order valence-electron chi connectivity index (χ4n) is 12.6. The quantitative estimate of drug-likeness (QED) is 0.152. The summed E-state index contributed by atoms with van der Waals surface area (Å²) in [6.45, 7) is 10.5.